The van der Waals surface area contributed by atoms with Gasteiger partial charge in [0.25, 0.3) is 5.91 Å². The highest BCUT2D eigenvalue weighted by Crippen LogP contribution is 2.40. The van der Waals surface area contributed by atoms with Gasteiger partial charge in [-0.1, -0.05) is 40.7 Å². The number of benzene rings is 1. The molecule has 2 rings (SSSR count). The van der Waals surface area contributed by atoms with Crippen LogP contribution < -0.4 is 5.73 Å². The average molecular weight is 302 g/mol. The highest BCUT2D eigenvalue weighted by Gasteiger charge is 2.43. The lowest BCUT2D eigenvalue weighted by molar-refractivity contribution is 0.0328. The van der Waals surface area contributed by atoms with Crippen LogP contribution in [0.3, 0.4) is 0 Å². The number of carbonyl (C=O) groups excluding carboxylic acids is 1. The molecule has 0 bridgehead atoms. The Hall–Kier alpha value is -1.51. The fourth-order valence-corrected chi connectivity index (χ4v) is 3.91. The van der Waals surface area contributed by atoms with Crippen LogP contribution in [0.4, 0.5) is 5.69 Å². The van der Waals surface area contributed by atoms with E-state index in [4.69, 9.17) is 5.73 Å². The van der Waals surface area contributed by atoms with Crippen LogP contribution in [-0.2, 0) is 5.41 Å². The molecule has 0 aliphatic carbocycles. The van der Waals surface area contributed by atoms with E-state index in [-0.39, 0.29) is 22.3 Å². The Balaban J connectivity index is 2.47. The molecule has 0 radical (unpaired) electrons. The molecular weight excluding hydrogens is 272 g/mol. The summed E-state index contributed by atoms with van der Waals surface area (Å²) in [6, 6.07) is 5.74. The van der Waals surface area contributed by atoms with E-state index >= 15 is 0 Å². The van der Waals surface area contributed by atoms with E-state index in [1.165, 1.54) is 0 Å². The predicted molar refractivity (Wildman–Crippen MR) is 93.1 cm³/mol. The molecule has 1 amide bonds. The minimum Gasteiger partial charge on any atom is -0.399 e. The fourth-order valence-electron chi connectivity index (χ4n) is 3.91. The fraction of sp³-hybridized carbons (Fsp3) is 0.632. The standard InChI is InChI=1S/C19H30N2O/c1-17(2,3)11-19(6,7)21-12-18(4,5)15-9-8-13(20)10-14(15)16(21)22/h8-10H,11-12,20H2,1-7H3. The van der Waals surface area contributed by atoms with E-state index in [9.17, 15) is 4.79 Å². The molecule has 3 nitrogen and oxygen atoms in total. The molecule has 0 saturated carbocycles. The molecule has 1 aromatic carbocycles. The predicted octanol–water partition coefficient (Wildman–Crippen LogP) is 4.22. The number of anilines is 1. The van der Waals surface area contributed by atoms with Crippen molar-refractivity contribution < 1.29 is 4.79 Å². The zero-order chi connectivity index (χ0) is 16.9. The SMILES string of the molecule is CC(C)(C)CC(C)(C)N1CC(C)(C)c2ccc(N)cc2C1=O. The second-order valence-corrected chi connectivity index (χ2v) is 9.13. The number of rotatable bonds is 2. The Morgan fingerprint density at radius 2 is 1.77 bits per heavy atom. The van der Waals surface area contributed by atoms with Gasteiger partial charge in [-0.25, -0.2) is 0 Å². The van der Waals surface area contributed by atoms with E-state index in [2.05, 4.69) is 48.5 Å². The molecule has 0 aromatic heterocycles. The van der Waals surface area contributed by atoms with Gasteiger partial charge >= 0.3 is 0 Å². The van der Waals surface area contributed by atoms with Gasteiger partial charge in [-0.15, -0.1) is 0 Å². The summed E-state index contributed by atoms with van der Waals surface area (Å²) in [6.07, 6.45) is 0.958. The van der Waals surface area contributed by atoms with Gasteiger partial charge in [0, 0.05) is 28.7 Å². The lowest BCUT2D eigenvalue weighted by Crippen LogP contribution is -2.56. The van der Waals surface area contributed by atoms with Crippen molar-refractivity contribution in [2.75, 3.05) is 12.3 Å². The molecule has 1 heterocycles. The van der Waals surface area contributed by atoms with Crippen molar-refractivity contribution in [3.8, 4) is 0 Å². The summed E-state index contributed by atoms with van der Waals surface area (Å²) < 4.78 is 0. The van der Waals surface area contributed by atoms with E-state index in [1.54, 1.807) is 0 Å². The minimum atomic E-state index is -0.186. The average Bonchev–Trinajstić information content (AvgIpc) is 2.30. The zero-order valence-corrected chi connectivity index (χ0v) is 15.1. The first-order chi connectivity index (χ1) is 9.83. The maximum absolute atomic E-state index is 13.1. The molecule has 1 aromatic rings. The summed E-state index contributed by atoms with van der Waals surface area (Å²) in [5, 5.41) is 0. The monoisotopic (exact) mass is 302 g/mol. The number of carbonyl (C=O) groups is 1. The summed E-state index contributed by atoms with van der Waals surface area (Å²) in [5.41, 5.74) is 8.36. The van der Waals surface area contributed by atoms with Gasteiger partial charge in [0.05, 0.1) is 0 Å². The quantitative estimate of drug-likeness (QED) is 0.832. The molecule has 0 spiro atoms. The summed E-state index contributed by atoms with van der Waals surface area (Å²) >= 11 is 0. The van der Waals surface area contributed by atoms with Crippen molar-refractivity contribution in [1.29, 1.82) is 0 Å². The number of nitrogens with zero attached hydrogens (tertiary/aromatic N) is 1. The molecule has 3 heteroatoms. The van der Waals surface area contributed by atoms with Crippen LogP contribution in [-0.4, -0.2) is 22.9 Å². The molecule has 0 saturated heterocycles. The maximum Gasteiger partial charge on any atom is 0.254 e. The van der Waals surface area contributed by atoms with Gasteiger partial charge in [0.15, 0.2) is 0 Å². The lowest BCUT2D eigenvalue weighted by atomic mass is 9.74. The number of hydrogen-bond acceptors (Lipinski definition) is 2. The Kier molecular flexibility index (Phi) is 3.83. The molecule has 122 valence electrons. The van der Waals surface area contributed by atoms with E-state index in [0.29, 0.717) is 5.69 Å². The summed E-state index contributed by atoms with van der Waals surface area (Å²) in [7, 11) is 0. The van der Waals surface area contributed by atoms with Crippen molar-refractivity contribution in [1.82, 2.24) is 4.90 Å². The number of amides is 1. The zero-order valence-electron chi connectivity index (χ0n) is 15.1. The van der Waals surface area contributed by atoms with E-state index in [1.807, 2.05) is 23.1 Å². The van der Waals surface area contributed by atoms with Crippen LogP contribution in [0.5, 0.6) is 0 Å². The Bertz CT molecular complexity index is 594. The van der Waals surface area contributed by atoms with Crippen molar-refractivity contribution in [2.24, 2.45) is 5.41 Å². The normalized spacial score (nSPS) is 18.3. The number of nitrogens with two attached hydrogens (primary N) is 1. The topological polar surface area (TPSA) is 46.3 Å². The number of hydrogen-bond donors (Lipinski definition) is 1. The molecular formula is C19H30N2O. The Morgan fingerprint density at radius 3 is 2.32 bits per heavy atom. The van der Waals surface area contributed by atoms with E-state index < -0.39 is 0 Å². The van der Waals surface area contributed by atoms with Gasteiger partial charge in [0.1, 0.15) is 0 Å². The Morgan fingerprint density at radius 1 is 1.18 bits per heavy atom. The lowest BCUT2D eigenvalue weighted by Gasteiger charge is -2.49. The smallest absolute Gasteiger partial charge is 0.254 e. The number of fused-ring (bicyclic) bond motifs is 1. The molecule has 0 fully saturated rings. The largest absolute Gasteiger partial charge is 0.399 e. The molecule has 2 N–H and O–H groups in total. The highest BCUT2D eigenvalue weighted by molar-refractivity contribution is 5.98. The minimum absolute atomic E-state index is 0.0634. The van der Waals surface area contributed by atoms with Crippen molar-refractivity contribution in [2.45, 2.75) is 65.8 Å². The van der Waals surface area contributed by atoms with Crippen LogP contribution in [0, 0.1) is 5.41 Å². The van der Waals surface area contributed by atoms with E-state index in [0.717, 1.165) is 24.1 Å². The third-order valence-corrected chi connectivity index (χ3v) is 4.50. The van der Waals surface area contributed by atoms with Crippen molar-refractivity contribution in [3.05, 3.63) is 29.3 Å². The van der Waals surface area contributed by atoms with Gasteiger partial charge in [-0.3, -0.25) is 4.79 Å². The van der Waals surface area contributed by atoms with Crippen molar-refractivity contribution >= 4 is 11.6 Å². The summed E-state index contributed by atoms with van der Waals surface area (Å²) in [4.78, 5) is 15.1. The molecule has 1 aliphatic heterocycles. The first kappa shape index (κ1) is 16.9. The van der Waals surface area contributed by atoms with Crippen LogP contribution in [0.15, 0.2) is 18.2 Å². The van der Waals surface area contributed by atoms with Crippen molar-refractivity contribution in [3.63, 3.8) is 0 Å². The van der Waals surface area contributed by atoms with Crippen LogP contribution in [0.1, 0.15) is 70.8 Å². The third-order valence-electron chi connectivity index (χ3n) is 4.50. The van der Waals surface area contributed by atoms with Crippen LogP contribution in [0.25, 0.3) is 0 Å². The second-order valence-electron chi connectivity index (χ2n) is 9.13. The summed E-state index contributed by atoms with van der Waals surface area (Å²) in [5.74, 6) is 0.107. The van der Waals surface area contributed by atoms with Crippen LogP contribution >= 0.6 is 0 Å². The molecule has 1 aliphatic rings. The second kappa shape index (κ2) is 5.00. The maximum atomic E-state index is 13.1. The highest BCUT2D eigenvalue weighted by atomic mass is 16.2. The molecule has 0 atom stereocenters. The van der Waals surface area contributed by atoms with Gasteiger partial charge in [0.2, 0.25) is 0 Å². The molecule has 22 heavy (non-hydrogen) atoms. The molecule has 0 unspecified atom stereocenters. The first-order valence-electron chi connectivity index (χ1n) is 8.05. The third kappa shape index (κ3) is 3.13. The van der Waals surface area contributed by atoms with Gasteiger partial charge in [-0.05, 0) is 43.4 Å². The Labute approximate surface area is 134 Å². The first-order valence-corrected chi connectivity index (χ1v) is 8.05. The summed E-state index contributed by atoms with van der Waals surface area (Å²) in [6.45, 7) is 16.2. The number of nitrogen functional groups attached to an aromatic ring is 1. The van der Waals surface area contributed by atoms with Gasteiger partial charge in [-0.2, -0.15) is 0 Å². The van der Waals surface area contributed by atoms with Crippen LogP contribution in [0.2, 0.25) is 0 Å². The van der Waals surface area contributed by atoms with Gasteiger partial charge < -0.3 is 10.6 Å².